The van der Waals surface area contributed by atoms with Gasteiger partial charge in [0.25, 0.3) is 0 Å². The van der Waals surface area contributed by atoms with Crippen molar-refractivity contribution >= 4 is 48.6 Å². The van der Waals surface area contributed by atoms with Gasteiger partial charge in [-0.1, -0.05) is 260 Å². The van der Waals surface area contributed by atoms with Crippen LogP contribution in [-0.2, 0) is 38.4 Å². The van der Waals surface area contributed by atoms with E-state index in [2.05, 4.69) is 0 Å². The molecule has 0 aliphatic rings. The number of rotatable bonds is 0. The Bertz CT molecular complexity index is 378. The van der Waals surface area contributed by atoms with Crippen LogP contribution in [-0.4, -0.2) is 48.6 Å². The van der Waals surface area contributed by atoms with Crippen LogP contribution in [0.4, 0.5) is 0 Å². The zero-order chi connectivity index (χ0) is 21.7. The van der Waals surface area contributed by atoms with Gasteiger partial charge in [-0.3, -0.25) is 0 Å². The summed E-state index contributed by atoms with van der Waals surface area (Å²) in [6.07, 6.45) is 6.00. The lowest BCUT2D eigenvalue weighted by Gasteiger charge is -1.02. The summed E-state index contributed by atoms with van der Waals surface area (Å²) in [4.78, 5) is 66.8. The maximum absolute atomic E-state index is 8.35. The van der Waals surface area contributed by atoms with Crippen LogP contribution in [0, 0.1) is 43.3 Å². The molecule has 0 aromatic heterocycles. The molecule has 0 spiro atoms. The molecule has 16 nitrogen and oxygen atoms in total. The predicted molar refractivity (Wildman–Crippen MR) is 303 cm³/mol. The molecule has 0 aromatic rings. The summed E-state index contributed by atoms with van der Waals surface area (Å²) in [6, 6.07) is 0. The van der Waals surface area contributed by atoms with Gasteiger partial charge in [0.1, 0.15) is 0 Å². The fourth-order valence-corrected chi connectivity index (χ4v) is 0. The van der Waals surface area contributed by atoms with E-state index in [1.54, 1.807) is 0 Å². The molecule has 0 bridgehead atoms. The number of isocyanates is 8. The van der Waals surface area contributed by atoms with Crippen LogP contribution < -0.4 is 0 Å². The zero-order valence-electron chi connectivity index (χ0n) is 11.3. The minimum atomic E-state index is 0. The first-order valence-electron chi connectivity index (χ1n) is 3.63. The minimum absolute atomic E-state index is 0. The molecule has 0 amide bonds. The van der Waals surface area contributed by atoms with Crippen LogP contribution in [0.2, 0.25) is 0 Å². The molecule has 0 atom stereocenters. The monoisotopic (exact) mass is 905 g/mol. The average Bonchev–Trinajstić information content (AvgIpc) is 2.45. The predicted octanol–water partition coefficient (Wildman–Crippen LogP) is 21.5. The van der Waals surface area contributed by atoms with Crippen molar-refractivity contribution in [2.75, 3.05) is 0 Å². The lowest BCUT2D eigenvalue weighted by Crippen LogP contribution is -1.16. The van der Waals surface area contributed by atoms with E-state index in [0.29, 0.717) is 0 Å². The molecule has 0 fully saturated rings. The zero-order valence-corrected chi connectivity index (χ0v) is 11.3. The highest BCUT2D eigenvalue weighted by Crippen LogP contribution is 0.890. The maximum Gasteiger partial charge on any atom is 0.231 e. The van der Waals surface area contributed by atoms with Gasteiger partial charge in [-0.05, 0) is 0 Å². The molecule has 59 heavy (non-hydrogen) atoms. The first kappa shape index (κ1) is 1250. The van der Waals surface area contributed by atoms with Crippen LogP contribution in [0.5, 0.6) is 0 Å². The second-order valence-electron chi connectivity index (χ2n) is 0.816. The van der Waals surface area contributed by atoms with E-state index < -0.39 is 0 Å². The van der Waals surface area contributed by atoms with E-state index in [4.69, 9.17) is 81.6 Å². The Morgan fingerprint density at radius 2 is 0.119 bits per heavy atom. The summed E-state index contributed by atoms with van der Waals surface area (Å²) in [6.45, 7) is 0. The Balaban J connectivity index is -0.00000000111. The van der Waals surface area contributed by atoms with Crippen molar-refractivity contribution in [1.29, 1.82) is 43.3 Å². The molecular formula is C43H148N8O8. The standard InChI is InChI=1S/8CHNO.35CH4/c8*2-1-3;;;;;;;;;;;;;;;;;;;;;;;;;;;;;;;;;;;/h8*2H;35*1H4. The molecule has 0 aromatic carbocycles. The van der Waals surface area contributed by atoms with Gasteiger partial charge in [0.15, 0.2) is 0 Å². The fraction of sp³-hybridized carbons (Fsp3) is 0.814. The molecule has 0 aliphatic carbocycles. The van der Waals surface area contributed by atoms with E-state index in [9.17, 15) is 0 Å². The van der Waals surface area contributed by atoms with E-state index in [1.807, 2.05) is 0 Å². The van der Waals surface area contributed by atoms with Crippen molar-refractivity contribution in [3.63, 3.8) is 0 Å². The van der Waals surface area contributed by atoms with Gasteiger partial charge < -0.3 is 0 Å². The van der Waals surface area contributed by atoms with Crippen molar-refractivity contribution in [2.24, 2.45) is 0 Å². The summed E-state index contributed by atoms with van der Waals surface area (Å²) in [7, 11) is 0. The normalized spacial score (nSPS) is 1.08. The largest absolute Gasteiger partial charge is 0.231 e. The highest BCUT2D eigenvalue weighted by Gasteiger charge is 1.05. The molecule has 0 unspecified atom stereocenters. The molecule has 0 radical (unpaired) electrons. The van der Waals surface area contributed by atoms with Gasteiger partial charge in [0.05, 0.1) is 0 Å². The quantitative estimate of drug-likeness (QED) is 0.0851. The number of carbonyl (C=O) groups excluding carboxylic acids is 8. The van der Waals surface area contributed by atoms with Gasteiger partial charge in [-0.25, -0.2) is 81.6 Å². The van der Waals surface area contributed by atoms with Crippen LogP contribution in [0.25, 0.3) is 0 Å². The van der Waals surface area contributed by atoms with Gasteiger partial charge >= 0.3 is 0 Å². The maximum atomic E-state index is 8.35. The molecular weight excluding hydrogens is 757 g/mol. The van der Waals surface area contributed by atoms with Gasteiger partial charge in [0, 0.05) is 0 Å². The summed E-state index contributed by atoms with van der Waals surface area (Å²) in [5.74, 6) is 0. The van der Waals surface area contributed by atoms with E-state index in [-0.39, 0.29) is 260 Å². The van der Waals surface area contributed by atoms with Crippen LogP contribution in [0.3, 0.4) is 0 Å². The molecule has 0 rings (SSSR count). The first-order valence-corrected chi connectivity index (χ1v) is 3.63. The summed E-state index contributed by atoms with van der Waals surface area (Å²) in [5.41, 5.74) is 0. The molecule has 0 saturated heterocycles. The molecule has 16 heteroatoms. The second kappa shape index (κ2) is 15500. The van der Waals surface area contributed by atoms with Crippen LogP contribution >= 0.6 is 0 Å². The van der Waals surface area contributed by atoms with Crippen molar-refractivity contribution in [3.05, 3.63) is 0 Å². The van der Waals surface area contributed by atoms with Gasteiger partial charge in [0.2, 0.25) is 48.6 Å². The van der Waals surface area contributed by atoms with Crippen LogP contribution in [0.1, 0.15) is 260 Å². The van der Waals surface area contributed by atoms with Crippen molar-refractivity contribution in [3.8, 4) is 0 Å². The highest BCUT2D eigenvalue weighted by atomic mass is 16.1. The van der Waals surface area contributed by atoms with Crippen molar-refractivity contribution in [1.82, 2.24) is 0 Å². The summed E-state index contributed by atoms with van der Waals surface area (Å²) in [5, 5.41) is 43.2. The molecule has 0 saturated carbocycles. The minimum Gasteiger partial charge on any atom is -0.222 e. The SMILES string of the molecule is C.C.C.C.C.C.C.C.C.C.C.C.C.C.C.C.C.C.C.C.C.C.C.C.C.C.C.C.C.C.C.C.C.C.C.N=C=O.N=C=O.N=C=O.N=C=O.N=C=O.N=C=O.N=C=O.N=C=O. The average molecular weight is 906 g/mol. The van der Waals surface area contributed by atoms with Crippen LogP contribution in [0.15, 0.2) is 0 Å². The third-order valence-electron chi connectivity index (χ3n) is 0. The Hall–Kier alpha value is -4.96. The van der Waals surface area contributed by atoms with Crippen molar-refractivity contribution in [2.45, 2.75) is 260 Å². The van der Waals surface area contributed by atoms with E-state index >= 15 is 0 Å². The number of hydrogen-bond donors (Lipinski definition) is 8. The van der Waals surface area contributed by atoms with Gasteiger partial charge in [-0.2, -0.15) is 0 Å². The van der Waals surface area contributed by atoms with Crippen molar-refractivity contribution < 1.29 is 38.4 Å². The topological polar surface area (TPSA) is 327 Å². The van der Waals surface area contributed by atoms with E-state index in [0.717, 1.165) is 48.6 Å². The summed E-state index contributed by atoms with van der Waals surface area (Å²) >= 11 is 0. The lowest BCUT2D eigenvalue weighted by atomic mass is 11.7. The lowest BCUT2D eigenvalue weighted by molar-refractivity contribution is 0.562. The molecule has 408 valence electrons. The smallest absolute Gasteiger partial charge is 0.222 e. The number of hydrogen-bond acceptors (Lipinski definition) is 16. The highest BCUT2D eigenvalue weighted by molar-refractivity contribution is 5.27. The van der Waals surface area contributed by atoms with E-state index in [1.165, 1.54) is 0 Å². The third kappa shape index (κ3) is 5620. The summed E-state index contributed by atoms with van der Waals surface area (Å²) < 4.78 is 0. The Kier molecular flexibility index (Phi) is 329000. The molecule has 0 aliphatic heterocycles. The Morgan fingerprint density at radius 3 is 0.119 bits per heavy atom. The second-order valence-corrected chi connectivity index (χ2v) is 0.816. The Labute approximate surface area is 389 Å². The van der Waals surface area contributed by atoms with Gasteiger partial charge in [-0.15, -0.1) is 0 Å². The first-order chi connectivity index (χ1) is 11.3. The third-order valence-corrected chi connectivity index (χ3v) is 0. The molecule has 0 heterocycles. The Morgan fingerprint density at radius 1 is 0.119 bits per heavy atom. The number of nitrogens with one attached hydrogen (secondary N) is 8. The fourth-order valence-electron chi connectivity index (χ4n) is 0. The molecule has 8 N–H and O–H groups in total.